The fourth-order valence-electron chi connectivity index (χ4n) is 2.42. The summed E-state index contributed by atoms with van der Waals surface area (Å²) >= 11 is 0. The number of carbonyl (C=O) groups is 1. The molecule has 0 saturated carbocycles. The van der Waals surface area contributed by atoms with E-state index in [9.17, 15) is 4.79 Å². The Morgan fingerprint density at radius 3 is 2.71 bits per heavy atom. The number of morpholine rings is 1. The Hall–Kier alpha value is -2.67. The molecule has 1 amide bonds. The number of amides is 1. The molecule has 1 aromatic heterocycles. The van der Waals surface area contributed by atoms with Gasteiger partial charge in [0.2, 0.25) is 5.95 Å². The van der Waals surface area contributed by atoms with Crippen LogP contribution in [0.3, 0.4) is 0 Å². The Morgan fingerprint density at radius 2 is 1.92 bits per heavy atom. The van der Waals surface area contributed by atoms with Crippen molar-refractivity contribution in [3.63, 3.8) is 0 Å². The molecule has 0 unspecified atom stereocenters. The third kappa shape index (κ3) is 4.42. The molecule has 1 aromatic carbocycles. The largest absolute Gasteiger partial charge is 0.383 e. The van der Waals surface area contributed by atoms with Gasteiger partial charge in [-0.15, -0.1) is 0 Å². The molecule has 2 N–H and O–H groups in total. The van der Waals surface area contributed by atoms with Crippen LogP contribution in [0.1, 0.15) is 10.5 Å². The number of para-hydroxylation sites is 1. The molecule has 2 heterocycles. The maximum absolute atomic E-state index is 12.2. The first-order valence-electron chi connectivity index (χ1n) is 8.06. The fourth-order valence-corrected chi connectivity index (χ4v) is 2.42. The van der Waals surface area contributed by atoms with Crippen molar-refractivity contribution in [3.8, 4) is 0 Å². The van der Waals surface area contributed by atoms with Crippen LogP contribution >= 0.6 is 0 Å². The summed E-state index contributed by atoms with van der Waals surface area (Å²) < 4.78 is 5.32. The Bertz CT molecular complexity index is 659. The third-order valence-electron chi connectivity index (χ3n) is 3.68. The van der Waals surface area contributed by atoms with E-state index in [0.29, 0.717) is 37.9 Å². The zero-order chi connectivity index (χ0) is 16.6. The number of anilines is 2. The van der Waals surface area contributed by atoms with Gasteiger partial charge in [-0.1, -0.05) is 18.2 Å². The van der Waals surface area contributed by atoms with Gasteiger partial charge < -0.3 is 20.3 Å². The Labute approximate surface area is 141 Å². The lowest BCUT2D eigenvalue weighted by Gasteiger charge is -2.26. The van der Waals surface area contributed by atoms with Crippen LogP contribution in [0.25, 0.3) is 0 Å². The van der Waals surface area contributed by atoms with Crippen LogP contribution in [0.2, 0.25) is 0 Å². The van der Waals surface area contributed by atoms with E-state index in [1.807, 2.05) is 35.2 Å². The van der Waals surface area contributed by atoms with E-state index in [2.05, 4.69) is 20.6 Å². The van der Waals surface area contributed by atoms with E-state index in [4.69, 9.17) is 4.74 Å². The lowest BCUT2D eigenvalue weighted by molar-refractivity contribution is 0.0950. The average molecular weight is 327 g/mol. The highest BCUT2D eigenvalue weighted by molar-refractivity contribution is 5.92. The predicted molar refractivity (Wildman–Crippen MR) is 92.3 cm³/mol. The first kappa shape index (κ1) is 16.2. The number of rotatable bonds is 6. The van der Waals surface area contributed by atoms with Crippen molar-refractivity contribution in [2.45, 2.75) is 0 Å². The summed E-state index contributed by atoms with van der Waals surface area (Å²) in [4.78, 5) is 22.9. The minimum Gasteiger partial charge on any atom is -0.383 e. The molecular formula is C17H21N5O2. The molecule has 0 radical (unpaired) electrons. The Kier molecular flexibility index (Phi) is 5.57. The van der Waals surface area contributed by atoms with Gasteiger partial charge in [-0.05, 0) is 18.2 Å². The molecule has 1 fully saturated rings. The van der Waals surface area contributed by atoms with Gasteiger partial charge in [-0.25, -0.2) is 9.97 Å². The second kappa shape index (κ2) is 8.26. The molecule has 1 aliphatic heterocycles. The van der Waals surface area contributed by atoms with Crippen LogP contribution in [0.5, 0.6) is 0 Å². The summed E-state index contributed by atoms with van der Waals surface area (Å²) in [6, 6.07) is 11.5. The zero-order valence-corrected chi connectivity index (χ0v) is 13.4. The van der Waals surface area contributed by atoms with E-state index in [-0.39, 0.29) is 5.91 Å². The maximum atomic E-state index is 12.2. The van der Waals surface area contributed by atoms with Crippen LogP contribution in [0.15, 0.2) is 42.6 Å². The highest BCUT2D eigenvalue weighted by atomic mass is 16.5. The van der Waals surface area contributed by atoms with Crippen LogP contribution in [0.4, 0.5) is 11.6 Å². The fraction of sp³-hybridized carbons (Fsp3) is 0.353. The zero-order valence-electron chi connectivity index (χ0n) is 13.4. The van der Waals surface area contributed by atoms with Gasteiger partial charge >= 0.3 is 0 Å². The number of aromatic nitrogens is 2. The quantitative estimate of drug-likeness (QED) is 0.775. The topological polar surface area (TPSA) is 79.4 Å². The number of hydrogen-bond donors (Lipinski definition) is 2. The minimum atomic E-state index is -0.193. The van der Waals surface area contributed by atoms with Crippen molar-refractivity contribution in [2.75, 3.05) is 49.6 Å². The normalized spacial score (nSPS) is 14.2. The minimum absolute atomic E-state index is 0.193. The van der Waals surface area contributed by atoms with Gasteiger partial charge in [-0.3, -0.25) is 4.79 Å². The van der Waals surface area contributed by atoms with Crippen LogP contribution < -0.4 is 15.5 Å². The van der Waals surface area contributed by atoms with E-state index < -0.39 is 0 Å². The van der Waals surface area contributed by atoms with Crippen molar-refractivity contribution in [3.05, 3.63) is 48.3 Å². The molecule has 1 saturated heterocycles. The summed E-state index contributed by atoms with van der Waals surface area (Å²) in [7, 11) is 0. The first-order chi connectivity index (χ1) is 11.8. The Balaban J connectivity index is 1.49. The molecule has 126 valence electrons. The second-order valence-corrected chi connectivity index (χ2v) is 5.39. The van der Waals surface area contributed by atoms with Crippen molar-refractivity contribution in [2.24, 2.45) is 0 Å². The average Bonchev–Trinajstić information content (AvgIpc) is 2.67. The molecule has 1 aliphatic rings. The number of benzene rings is 1. The smallest absolute Gasteiger partial charge is 0.270 e. The summed E-state index contributed by atoms with van der Waals surface area (Å²) in [5, 5.41) is 6.11. The maximum Gasteiger partial charge on any atom is 0.270 e. The number of carbonyl (C=O) groups excluding carboxylic acids is 1. The lowest BCUT2D eigenvalue weighted by Crippen LogP contribution is -2.38. The SMILES string of the molecule is O=C(NCCNc1ccccc1)c1ccnc(N2CCOCC2)n1. The monoisotopic (exact) mass is 327 g/mol. The Morgan fingerprint density at radius 1 is 1.12 bits per heavy atom. The van der Waals surface area contributed by atoms with Gasteiger partial charge in [0.15, 0.2) is 0 Å². The van der Waals surface area contributed by atoms with Gasteiger partial charge in [0.25, 0.3) is 5.91 Å². The molecule has 0 atom stereocenters. The molecule has 7 nitrogen and oxygen atoms in total. The molecule has 2 aromatic rings. The van der Waals surface area contributed by atoms with E-state index >= 15 is 0 Å². The number of hydrogen-bond acceptors (Lipinski definition) is 6. The van der Waals surface area contributed by atoms with Crippen molar-refractivity contribution < 1.29 is 9.53 Å². The lowest BCUT2D eigenvalue weighted by atomic mass is 10.3. The van der Waals surface area contributed by atoms with Crippen molar-refractivity contribution in [1.82, 2.24) is 15.3 Å². The summed E-state index contributed by atoms with van der Waals surface area (Å²) in [6.45, 7) is 3.97. The standard InChI is InChI=1S/C17H21N5O2/c23-16(19-9-8-18-14-4-2-1-3-5-14)15-6-7-20-17(21-15)22-10-12-24-13-11-22/h1-7,18H,8-13H2,(H,19,23). The third-order valence-corrected chi connectivity index (χ3v) is 3.68. The van der Waals surface area contributed by atoms with E-state index in [1.54, 1.807) is 12.3 Å². The van der Waals surface area contributed by atoms with Gasteiger partial charge in [0, 0.05) is 38.1 Å². The van der Waals surface area contributed by atoms with Gasteiger partial charge in [-0.2, -0.15) is 0 Å². The van der Waals surface area contributed by atoms with Gasteiger partial charge in [0.1, 0.15) is 5.69 Å². The molecule has 7 heteroatoms. The van der Waals surface area contributed by atoms with Crippen molar-refractivity contribution >= 4 is 17.5 Å². The van der Waals surface area contributed by atoms with Gasteiger partial charge in [0.05, 0.1) is 13.2 Å². The molecule has 24 heavy (non-hydrogen) atoms. The first-order valence-corrected chi connectivity index (χ1v) is 8.06. The second-order valence-electron chi connectivity index (χ2n) is 5.39. The summed E-state index contributed by atoms with van der Waals surface area (Å²) in [6.07, 6.45) is 1.62. The highest BCUT2D eigenvalue weighted by Crippen LogP contribution is 2.09. The van der Waals surface area contributed by atoms with E-state index in [1.165, 1.54) is 0 Å². The molecule has 0 aliphatic carbocycles. The van der Waals surface area contributed by atoms with Crippen LogP contribution in [0, 0.1) is 0 Å². The molecular weight excluding hydrogens is 306 g/mol. The number of ether oxygens (including phenoxy) is 1. The van der Waals surface area contributed by atoms with Crippen molar-refractivity contribution in [1.29, 1.82) is 0 Å². The number of nitrogens with zero attached hydrogens (tertiary/aromatic N) is 3. The molecule has 0 spiro atoms. The highest BCUT2D eigenvalue weighted by Gasteiger charge is 2.15. The molecule has 0 bridgehead atoms. The number of nitrogens with one attached hydrogen (secondary N) is 2. The van der Waals surface area contributed by atoms with E-state index in [0.717, 1.165) is 18.8 Å². The summed E-state index contributed by atoms with van der Waals surface area (Å²) in [5.41, 5.74) is 1.41. The predicted octanol–water partition coefficient (Wildman–Crippen LogP) is 1.16. The van der Waals surface area contributed by atoms with Crippen LogP contribution in [-0.2, 0) is 4.74 Å². The van der Waals surface area contributed by atoms with Crippen LogP contribution in [-0.4, -0.2) is 55.3 Å². The summed E-state index contributed by atoms with van der Waals surface area (Å²) in [5.74, 6) is 0.384. The molecule has 3 rings (SSSR count).